The fourth-order valence-corrected chi connectivity index (χ4v) is 8.57. The van der Waals surface area contributed by atoms with E-state index in [1.54, 1.807) is 6.92 Å². The number of aromatic hydroxyl groups is 8. The maximum atomic E-state index is 12.9. The van der Waals surface area contributed by atoms with Crippen LogP contribution in [0.1, 0.15) is 57.1 Å². The molecule has 0 aliphatic heterocycles. The van der Waals surface area contributed by atoms with E-state index in [1.165, 1.54) is 25.1 Å². The van der Waals surface area contributed by atoms with Crippen molar-refractivity contribution in [3.63, 3.8) is 0 Å². The van der Waals surface area contributed by atoms with Crippen LogP contribution >= 0.6 is 0 Å². The van der Waals surface area contributed by atoms with E-state index >= 15 is 0 Å². The molecule has 4 atom stereocenters. The lowest BCUT2D eigenvalue weighted by Crippen LogP contribution is -2.63. The topological polar surface area (TPSA) is 346 Å². The van der Waals surface area contributed by atoms with Crippen molar-refractivity contribution in [3.05, 3.63) is 81.9 Å². The minimum atomic E-state index is -3.81. The highest BCUT2D eigenvalue weighted by atomic mass is 32.2. The van der Waals surface area contributed by atoms with Gasteiger partial charge in [0, 0.05) is 47.0 Å². The van der Waals surface area contributed by atoms with Crippen molar-refractivity contribution >= 4 is 31.4 Å². The van der Waals surface area contributed by atoms with Gasteiger partial charge in [-0.3, -0.25) is 9.44 Å². The largest absolute Gasteiger partial charge is 0.851 e. The lowest BCUT2D eigenvalue weighted by Gasteiger charge is -2.62. The van der Waals surface area contributed by atoms with Crippen LogP contribution in [0.15, 0.2) is 48.5 Å². The zero-order chi connectivity index (χ0) is 41.9. The van der Waals surface area contributed by atoms with Crippen molar-refractivity contribution in [2.24, 2.45) is 0 Å². The summed E-state index contributed by atoms with van der Waals surface area (Å²) >= 11 is 0. The summed E-state index contributed by atoms with van der Waals surface area (Å²) in [5, 5.41) is 131. The van der Waals surface area contributed by atoms with Gasteiger partial charge in [-0.2, -0.15) is 0 Å². The summed E-state index contributed by atoms with van der Waals surface area (Å²) in [5.74, 6) is -8.62. The Bertz CT molecular complexity index is 2320. The standard InChI is InChI=1S/2C18H19NO8S/c1-7-3-8(20)5-11(22)13(7)15-17(24)16(18(15)25)14-10(19-28(2,26)27)4-9(21)6-12(14)23;1-7-3-9(20)13(10(21)4-7)15-17(24)16(18(15)25)14-11(22)5-8(6-12(14)23)19-28(2,26)27/h2*3-6,15-23H,1-2H3/q2*-2. The Morgan fingerprint density at radius 3 is 1.21 bits per heavy atom. The van der Waals surface area contributed by atoms with E-state index in [2.05, 4.69) is 9.44 Å². The number of benzene rings is 4. The van der Waals surface area contributed by atoms with E-state index in [9.17, 15) is 78.1 Å². The maximum Gasteiger partial charge on any atom is 0.229 e. The number of aryl methyl sites for hydroxylation is 2. The first kappa shape index (κ1) is 41.8. The highest BCUT2D eigenvalue weighted by molar-refractivity contribution is 7.92. The van der Waals surface area contributed by atoms with Crippen LogP contribution in [-0.4, -0.2) is 94.6 Å². The second-order valence-electron chi connectivity index (χ2n) is 14.0. The quantitative estimate of drug-likeness (QED) is 0.102. The minimum Gasteiger partial charge on any atom is -0.851 e. The average molecular weight is 819 g/mol. The third kappa shape index (κ3) is 8.11. The zero-order valence-electron chi connectivity index (χ0n) is 29.9. The predicted molar refractivity (Wildman–Crippen MR) is 192 cm³/mol. The molecule has 0 amide bonds. The number of hydrogen-bond acceptors (Lipinski definition) is 16. The molecule has 56 heavy (non-hydrogen) atoms. The van der Waals surface area contributed by atoms with Crippen molar-refractivity contribution in [2.45, 2.75) is 61.9 Å². The normalized spacial score (nSPS) is 24.6. The summed E-state index contributed by atoms with van der Waals surface area (Å²) in [6, 6.07) is 8.89. The fraction of sp³-hybridized carbons (Fsp3) is 0.333. The van der Waals surface area contributed by atoms with Gasteiger partial charge < -0.3 is 61.3 Å². The fourth-order valence-electron chi connectivity index (χ4n) is 7.46. The summed E-state index contributed by atoms with van der Waals surface area (Å²) in [7, 11) is -7.48. The second kappa shape index (κ2) is 14.9. The number of phenols is 8. The Labute approximate surface area is 320 Å². The molecule has 2 saturated carbocycles. The van der Waals surface area contributed by atoms with Gasteiger partial charge in [0.15, 0.2) is 0 Å². The molecule has 2 aliphatic rings. The number of anilines is 2. The molecule has 0 heterocycles. The van der Waals surface area contributed by atoms with Crippen molar-refractivity contribution in [2.75, 3.05) is 22.0 Å². The van der Waals surface area contributed by atoms with Gasteiger partial charge >= 0.3 is 0 Å². The summed E-state index contributed by atoms with van der Waals surface area (Å²) in [6.07, 6.45) is -4.74. The number of phenolic OH excluding ortho intramolecular Hbond substituents is 8. The Morgan fingerprint density at radius 2 is 0.804 bits per heavy atom. The summed E-state index contributed by atoms with van der Waals surface area (Å²) in [5.41, 5.74) is 0.00130. The number of rotatable bonds is 8. The molecule has 0 aromatic heterocycles. The van der Waals surface area contributed by atoms with Crippen LogP contribution in [0.5, 0.6) is 46.0 Å². The molecule has 0 saturated heterocycles. The molecule has 0 bridgehead atoms. The molecular weight excluding hydrogens is 781 g/mol. The first-order valence-corrected chi connectivity index (χ1v) is 20.3. The van der Waals surface area contributed by atoms with Gasteiger partial charge in [0.1, 0.15) is 46.0 Å². The predicted octanol–water partition coefficient (Wildman–Crippen LogP) is -0.945. The van der Waals surface area contributed by atoms with Gasteiger partial charge in [0.2, 0.25) is 20.0 Å². The Morgan fingerprint density at radius 1 is 0.464 bits per heavy atom. The van der Waals surface area contributed by atoms with E-state index in [0.29, 0.717) is 11.1 Å². The molecule has 2 aliphatic carbocycles. The van der Waals surface area contributed by atoms with Gasteiger partial charge in [-0.1, -0.05) is 0 Å². The molecule has 2 fully saturated rings. The lowest BCUT2D eigenvalue weighted by molar-refractivity contribution is -0.537. The van der Waals surface area contributed by atoms with E-state index in [-0.39, 0.29) is 56.6 Å². The summed E-state index contributed by atoms with van der Waals surface area (Å²) in [4.78, 5) is 0. The van der Waals surface area contributed by atoms with Gasteiger partial charge in [-0.15, -0.1) is 24.4 Å². The van der Waals surface area contributed by atoms with Crippen molar-refractivity contribution in [1.82, 2.24) is 0 Å². The van der Waals surface area contributed by atoms with Crippen LogP contribution < -0.4 is 29.9 Å². The lowest BCUT2D eigenvalue weighted by atomic mass is 9.62. The molecular formula is C36H38N2O16S2-4. The first-order chi connectivity index (χ1) is 25.8. The molecule has 4 aromatic rings. The van der Waals surface area contributed by atoms with Crippen LogP contribution in [0, 0.1) is 13.8 Å². The minimum absolute atomic E-state index is 0.116. The molecule has 6 rings (SSSR count). The molecule has 4 aromatic carbocycles. The summed E-state index contributed by atoms with van der Waals surface area (Å²) in [6.45, 7) is 3.16. The monoisotopic (exact) mass is 818 g/mol. The van der Waals surface area contributed by atoms with Gasteiger partial charge in [0.05, 0.1) is 23.9 Å². The summed E-state index contributed by atoms with van der Waals surface area (Å²) < 4.78 is 49.9. The second-order valence-corrected chi connectivity index (χ2v) is 17.5. The molecule has 0 spiro atoms. The molecule has 304 valence electrons. The number of sulfonamides is 2. The Hall–Kier alpha value is -5.38. The molecule has 20 heteroatoms. The highest BCUT2D eigenvalue weighted by Crippen LogP contribution is 2.55. The Kier molecular flexibility index (Phi) is 11.1. The van der Waals surface area contributed by atoms with E-state index in [4.69, 9.17) is 0 Å². The third-order valence-electron chi connectivity index (χ3n) is 9.67. The van der Waals surface area contributed by atoms with Crippen LogP contribution in [-0.2, 0) is 20.0 Å². The smallest absolute Gasteiger partial charge is 0.229 e. The van der Waals surface area contributed by atoms with Gasteiger partial charge in [-0.05, 0) is 72.4 Å². The van der Waals surface area contributed by atoms with Crippen LogP contribution in [0.4, 0.5) is 11.4 Å². The highest BCUT2D eigenvalue weighted by Gasteiger charge is 2.44. The molecule has 10 N–H and O–H groups in total. The molecule has 4 unspecified atom stereocenters. The van der Waals surface area contributed by atoms with Crippen LogP contribution in [0.2, 0.25) is 0 Å². The van der Waals surface area contributed by atoms with Crippen LogP contribution in [0.25, 0.3) is 0 Å². The first-order valence-electron chi connectivity index (χ1n) is 16.6. The van der Waals surface area contributed by atoms with Crippen molar-refractivity contribution < 1.29 is 78.1 Å². The van der Waals surface area contributed by atoms with E-state index < -0.39 is 91.1 Å². The third-order valence-corrected chi connectivity index (χ3v) is 10.9. The SMILES string of the molecule is Cc1cc(O)c(C2C([O-])C(c3c(O)cc(NS(C)(=O)=O)cc3O)C2[O-])c(O)c1.Cc1cc(O)cc(O)c1C1C([O-])C(c2c(O)cc(O)cc2NS(C)(=O)=O)C1[O-]. The zero-order valence-corrected chi connectivity index (χ0v) is 31.5. The van der Waals surface area contributed by atoms with E-state index in [0.717, 1.165) is 42.8 Å². The average Bonchev–Trinajstić information content (AvgIpc) is 3.02. The van der Waals surface area contributed by atoms with E-state index in [1.807, 2.05) is 0 Å². The maximum absolute atomic E-state index is 12.9. The molecule has 18 nitrogen and oxygen atoms in total. The van der Waals surface area contributed by atoms with Gasteiger partial charge in [-0.25, -0.2) is 16.8 Å². The van der Waals surface area contributed by atoms with Crippen molar-refractivity contribution in [1.29, 1.82) is 0 Å². The number of nitrogens with one attached hydrogen (secondary N) is 2. The Balaban J connectivity index is 0.000000214. The number of hydrogen-bond donors (Lipinski definition) is 10. The molecule has 0 radical (unpaired) electrons. The van der Waals surface area contributed by atoms with Crippen LogP contribution in [0.3, 0.4) is 0 Å². The van der Waals surface area contributed by atoms with Crippen molar-refractivity contribution in [3.8, 4) is 46.0 Å². The van der Waals surface area contributed by atoms with Gasteiger partial charge in [0.25, 0.3) is 0 Å².